The summed E-state index contributed by atoms with van der Waals surface area (Å²) in [5, 5.41) is 8.77. The van der Waals surface area contributed by atoms with Crippen LogP contribution < -0.4 is 10.2 Å². The number of anilines is 1. The van der Waals surface area contributed by atoms with Crippen molar-refractivity contribution >= 4 is 33.2 Å². The predicted octanol–water partition coefficient (Wildman–Crippen LogP) is 1.99. The molecule has 9 heteroatoms. The van der Waals surface area contributed by atoms with Crippen LogP contribution in [0.25, 0.3) is 0 Å². The molecular formula is C14H12ClN2O4SU-. The number of carbonyl (C=O) groups is 1. The molecule has 120 valence electrons. The summed E-state index contributed by atoms with van der Waals surface area (Å²) >= 11 is 5.67. The molecule has 0 atom stereocenters. The Morgan fingerprint density at radius 1 is 1.17 bits per heavy atom. The molecule has 2 aromatic carbocycles. The third kappa shape index (κ3) is 5.83. The fourth-order valence-corrected chi connectivity index (χ4v) is 2.83. The zero-order valence-corrected chi connectivity index (χ0v) is 17.4. The Bertz CT molecular complexity index is 764. The van der Waals surface area contributed by atoms with Gasteiger partial charge in [-0.2, -0.15) is 24.3 Å². The first kappa shape index (κ1) is 20.0. The Morgan fingerprint density at radius 2 is 1.83 bits per heavy atom. The van der Waals surface area contributed by atoms with Crippen LogP contribution in [0.3, 0.4) is 0 Å². The third-order valence-electron chi connectivity index (χ3n) is 2.75. The van der Waals surface area contributed by atoms with Crippen LogP contribution in [-0.2, 0) is 21.2 Å². The molecule has 0 unspecified atom stereocenters. The molecule has 0 aliphatic heterocycles. The van der Waals surface area contributed by atoms with Gasteiger partial charge in [0, 0.05) is 36.8 Å². The zero-order chi connectivity index (χ0) is 16.2. The summed E-state index contributed by atoms with van der Waals surface area (Å²) in [6.45, 7) is 0. The van der Waals surface area contributed by atoms with E-state index in [0.717, 1.165) is 0 Å². The van der Waals surface area contributed by atoms with Crippen molar-refractivity contribution in [3.05, 3.63) is 59.1 Å². The van der Waals surface area contributed by atoms with Crippen molar-refractivity contribution in [1.29, 1.82) is 0 Å². The summed E-state index contributed by atoms with van der Waals surface area (Å²) < 4.78 is 26.7. The molecule has 0 fully saturated rings. The maximum atomic E-state index is 12.2. The molecule has 0 aliphatic rings. The van der Waals surface area contributed by atoms with Crippen LogP contribution in [0.2, 0.25) is 5.02 Å². The number of sulfonamides is 1. The van der Waals surface area contributed by atoms with E-state index in [2.05, 4.69) is 10.8 Å². The normalized spacial score (nSPS) is 10.5. The van der Waals surface area contributed by atoms with Crippen LogP contribution in [0.15, 0.2) is 47.4 Å². The molecule has 0 bridgehead atoms. The molecule has 2 rings (SSSR count). The number of hydrogen-bond donors (Lipinski definition) is 3. The van der Waals surface area contributed by atoms with Crippen LogP contribution in [0.1, 0.15) is 5.56 Å². The Balaban J connectivity index is 0.00000264. The minimum absolute atomic E-state index is 0. The third-order valence-corrected chi connectivity index (χ3v) is 4.37. The summed E-state index contributed by atoms with van der Waals surface area (Å²) in [5.41, 5.74) is 2.51. The Hall–Kier alpha value is -1.04. The van der Waals surface area contributed by atoms with E-state index in [0.29, 0.717) is 16.3 Å². The second kappa shape index (κ2) is 8.71. The number of benzene rings is 2. The first-order valence-corrected chi connectivity index (χ1v) is 7.99. The first-order valence-electron chi connectivity index (χ1n) is 6.12. The van der Waals surface area contributed by atoms with Crippen LogP contribution in [0, 0.1) is 37.2 Å². The minimum Gasteiger partial charge on any atom is -0.289 e. The Morgan fingerprint density at radius 3 is 2.35 bits per heavy atom. The van der Waals surface area contributed by atoms with Gasteiger partial charge in [0.15, 0.2) is 0 Å². The standard InChI is InChI=1S/C14H12ClN2O4S.U/c15-11-3-7-13(8-4-11)22(20,21)17-12-5-1-10(2-6-12)9-14(18)16-19;/h1-3,5-8,17,19H,9H2,(H,16,18);/q-1;. The topological polar surface area (TPSA) is 95.5 Å². The predicted molar refractivity (Wildman–Crippen MR) is 81.2 cm³/mol. The van der Waals surface area contributed by atoms with Crippen molar-refractivity contribution in [1.82, 2.24) is 5.48 Å². The van der Waals surface area contributed by atoms with Gasteiger partial charge in [0.1, 0.15) is 0 Å². The van der Waals surface area contributed by atoms with Crippen molar-refractivity contribution in [2.45, 2.75) is 11.3 Å². The second-order valence-electron chi connectivity index (χ2n) is 4.39. The fourth-order valence-electron chi connectivity index (χ4n) is 1.69. The van der Waals surface area contributed by atoms with Gasteiger partial charge >= 0.3 is 0 Å². The largest absolute Gasteiger partial charge is 0.289 e. The van der Waals surface area contributed by atoms with Gasteiger partial charge in [-0.05, 0) is 22.6 Å². The van der Waals surface area contributed by atoms with Crippen LogP contribution >= 0.6 is 11.6 Å². The second-order valence-corrected chi connectivity index (χ2v) is 6.48. The Labute approximate surface area is 162 Å². The molecule has 0 aromatic heterocycles. The van der Waals surface area contributed by atoms with Gasteiger partial charge in [-0.15, -0.1) is 11.6 Å². The zero-order valence-electron chi connectivity index (χ0n) is 11.7. The Kier molecular flexibility index (Phi) is 7.58. The average molecular weight is 578 g/mol. The molecule has 0 heterocycles. The molecule has 0 saturated heterocycles. The molecule has 0 radical (unpaired) electrons. The van der Waals surface area contributed by atoms with Gasteiger partial charge in [0.05, 0.1) is 6.42 Å². The molecule has 2 aromatic rings. The molecule has 0 aliphatic carbocycles. The van der Waals surface area contributed by atoms with Crippen LogP contribution in [0.4, 0.5) is 5.69 Å². The summed E-state index contributed by atoms with van der Waals surface area (Å²) in [5.74, 6) is -0.551. The summed E-state index contributed by atoms with van der Waals surface area (Å²) in [7, 11) is -3.73. The van der Waals surface area contributed by atoms with Crippen molar-refractivity contribution in [2.75, 3.05) is 4.72 Å². The number of hydroxylamine groups is 1. The van der Waals surface area contributed by atoms with Crippen molar-refractivity contribution in [3.63, 3.8) is 0 Å². The summed E-state index contributed by atoms with van der Waals surface area (Å²) in [6, 6.07) is 12.9. The number of hydrogen-bond acceptors (Lipinski definition) is 4. The average Bonchev–Trinajstić information content (AvgIpc) is 2.49. The molecule has 23 heavy (non-hydrogen) atoms. The molecule has 1 amide bonds. The first-order chi connectivity index (χ1) is 10.4. The number of amides is 1. The summed E-state index contributed by atoms with van der Waals surface area (Å²) in [4.78, 5) is 11.1. The number of halogens is 1. The van der Waals surface area contributed by atoms with Gasteiger partial charge in [-0.1, -0.05) is 17.2 Å². The molecular weight excluding hydrogens is 566 g/mol. The van der Waals surface area contributed by atoms with Crippen LogP contribution in [0.5, 0.6) is 0 Å². The SMILES string of the molecule is O=C(Cc1ccc(NS(=O)(=O)c2c[c-]c(Cl)cc2)cc1)NO.[U]. The van der Waals surface area contributed by atoms with Crippen molar-refractivity contribution in [2.24, 2.45) is 0 Å². The van der Waals surface area contributed by atoms with E-state index in [9.17, 15) is 13.2 Å². The van der Waals surface area contributed by atoms with E-state index in [4.69, 9.17) is 16.8 Å². The van der Waals surface area contributed by atoms with Gasteiger partial charge in [0.2, 0.25) is 15.9 Å². The summed E-state index contributed by atoms with van der Waals surface area (Å²) in [6.07, 6.45) is -0.00429. The van der Waals surface area contributed by atoms with E-state index >= 15 is 0 Å². The molecule has 6 nitrogen and oxygen atoms in total. The van der Waals surface area contributed by atoms with E-state index in [1.807, 2.05) is 0 Å². The number of nitrogens with one attached hydrogen (secondary N) is 2. The van der Waals surface area contributed by atoms with E-state index in [1.165, 1.54) is 35.8 Å². The van der Waals surface area contributed by atoms with Crippen molar-refractivity contribution in [3.8, 4) is 0 Å². The van der Waals surface area contributed by atoms with Crippen molar-refractivity contribution < 1.29 is 49.5 Å². The molecule has 3 N–H and O–H groups in total. The number of carbonyl (C=O) groups excluding carboxylic acids is 1. The van der Waals surface area contributed by atoms with Crippen LogP contribution in [-0.4, -0.2) is 19.5 Å². The van der Waals surface area contributed by atoms with E-state index < -0.39 is 15.9 Å². The maximum Gasteiger partial charge on any atom is 0.247 e. The minimum atomic E-state index is -3.73. The maximum absolute atomic E-state index is 12.2. The van der Waals surface area contributed by atoms with E-state index in [-0.39, 0.29) is 42.4 Å². The smallest absolute Gasteiger partial charge is 0.247 e. The fraction of sp³-hybridized carbons (Fsp3) is 0.0714. The van der Waals surface area contributed by atoms with Gasteiger partial charge in [0.25, 0.3) is 0 Å². The molecule has 0 spiro atoms. The monoisotopic (exact) mass is 577 g/mol. The quantitative estimate of drug-likeness (QED) is 0.288. The van der Waals surface area contributed by atoms with E-state index in [1.54, 1.807) is 12.1 Å². The van der Waals surface area contributed by atoms with Gasteiger partial charge < -0.3 is 0 Å². The van der Waals surface area contributed by atoms with Gasteiger partial charge in [-0.25, -0.2) is 13.9 Å². The number of rotatable bonds is 5. The molecule has 0 saturated carbocycles. The van der Waals surface area contributed by atoms with Gasteiger partial charge in [-0.3, -0.25) is 14.7 Å².